The van der Waals surface area contributed by atoms with E-state index < -0.39 is 0 Å². The fraction of sp³-hybridized carbons (Fsp3) is 0.500. The molecule has 0 aromatic carbocycles. The normalized spacial score (nSPS) is 10.5. The maximum absolute atomic E-state index is 5.15. The van der Waals surface area contributed by atoms with E-state index in [1.807, 2.05) is 31.9 Å². The molecule has 0 saturated heterocycles. The lowest BCUT2D eigenvalue weighted by molar-refractivity contribution is 0.372. The van der Waals surface area contributed by atoms with E-state index in [1.165, 1.54) is 0 Å². The SMILES string of the molecule is CCNc1ccnc(N(C)Cc2nc(CC)no2)n1. The second-order valence-corrected chi connectivity index (χ2v) is 4.09. The van der Waals surface area contributed by atoms with Crippen LogP contribution in [0.15, 0.2) is 16.8 Å². The Morgan fingerprint density at radius 1 is 1.32 bits per heavy atom. The number of aryl methyl sites for hydroxylation is 1. The van der Waals surface area contributed by atoms with Gasteiger partial charge in [0.2, 0.25) is 11.8 Å². The Morgan fingerprint density at radius 3 is 2.84 bits per heavy atom. The average molecular weight is 262 g/mol. The van der Waals surface area contributed by atoms with E-state index in [4.69, 9.17) is 4.52 Å². The molecule has 0 aliphatic heterocycles. The van der Waals surface area contributed by atoms with E-state index >= 15 is 0 Å². The van der Waals surface area contributed by atoms with Crippen molar-refractivity contribution in [1.29, 1.82) is 0 Å². The Labute approximate surface area is 112 Å². The van der Waals surface area contributed by atoms with Crippen molar-refractivity contribution in [3.8, 4) is 0 Å². The summed E-state index contributed by atoms with van der Waals surface area (Å²) < 4.78 is 5.15. The molecule has 0 atom stereocenters. The van der Waals surface area contributed by atoms with Crippen LogP contribution in [-0.4, -0.2) is 33.7 Å². The third kappa shape index (κ3) is 3.40. The number of nitrogens with one attached hydrogen (secondary N) is 1. The zero-order valence-corrected chi connectivity index (χ0v) is 11.4. The van der Waals surface area contributed by atoms with Crippen molar-refractivity contribution in [3.05, 3.63) is 24.0 Å². The monoisotopic (exact) mass is 262 g/mol. The lowest BCUT2D eigenvalue weighted by atomic mass is 10.5. The minimum atomic E-state index is 0.489. The molecule has 0 fully saturated rings. The third-order valence-electron chi connectivity index (χ3n) is 2.54. The predicted molar refractivity (Wildman–Crippen MR) is 72.0 cm³/mol. The molecule has 102 valence electrons. The molecule has 0 amide bonds. The van der Waals surface area contributed by atoms with E-state index in [1.54, 1.807) is 6.20 Å². The molecule has 0 unspecified atom stereocenters. The van der Waals surface area contributed by atoms with Gasteiger partial charge in [0.15, 0.2) is 5.82 Å². The Kier molecular flexibility index (Phi) is 4.27. The van der Waals surface area contributed by atoms with Crippen LogP contribution in [0.5, 0.6) is 0 Å². The minimum Gasteiger partial charge on any atom is -0.370 e. The first-order valence-corrected chi connectivity index (χ1v) is 6.32. The van der Waals surface area contributed by atoms with Crippen LogP contribution in [0.1, 0.15) is 25.6 Å². The molecule has 0 spiro atoms. The third-order valence-corrected chi connectivity index (χ3v) is 2.54. The van der Waals surface area contributed by atoms with Gasteiger partial charge in [0.1, 0.15) is 5.82 Å². The number of hydrogen-bond acceptors (Lipinski definition) is 7. The summed E-state index contributed by atoms with van der Waals surface area (Å²) in [4.78, 5) is 14.8. The van der Waals surface area contributed by atoms with Gasteiger partial charge in [-0.1, -0.05) is 12.1 Å². The number of rotatable bonds is 6. The van der Waals surface area contributed by atoms with Crippen LogP contribution in [0, 0.1) is 0 Å². The van der Waals surface area contributed by atoms with E-state index in [2.05, 4.69) is 25.4 Å². The predicted octanol–water partition coefficient (Wildman–Crippen LogP) is 1.49. The van der Waals surface area contributed by atoms with Crippen LogP contribution in [0.3, 0.4) is 0 Å². The van der Waals surface area contributed by atoms with E-state index in [-0.39, 0.29) is 0 Å². The zero-order chi connectivity index (χ0) is 13.7. The summed E-state index contributed by atoms with van der Waals surface area (Å²) >= 11 is 0. The van der Waals surface area contributed by atoms with Gasteiger partial charge in [-0.25, -0.2) is 4.98 Å². The fourth-order valence-electron chi connectivity index (χ4n) is 1.58. The highest BCUT2D eigenvalue weighted by Crippen LogP contribution is 2.11. The summed E-state index contributed by atoms with van der Waals surface area (Å²) in [6, 6.07) is 1.84. The number of aromatic nitrogens is 4. The highest BCUT2D eigenvalue weighted by Gasteiger charge is 2.11. The van der Waals surface area contributed by atoms with Gasteiger partial charge in [0, 0.05) is 26.2 Å². The van der Waals surface area contributed by atoms with Crippen molar-refractivity contribution in [2.45, 2.75) is 26.8 Å². The van der Waals surface area contributed by atoms with E-state index in [0.717, 1.165) is 18.8 Å². The number of anilines is 2. The highest BCUT2D eigenvalue weighted by molar-refractivity contribution is 5.40. The van der Waals surface area contributed by atoms with Gasteiger partial charge in [-0.15, -0.1) is 0 Å². The van der Waals surface area contributed by atoms with Crippen molar-refractivity contribution < 1.29 is 4.52 Å². The molecule has 1 N–H and O–H groups in total. The smallest absolute Gasteiger partial charge is 0.246 e. The van der Waals surface area contributed by atoms with Gasteiger partial charge in [-0.2, -0.15) is 9.97 Å². The van der Waals surface area contributed by atoms with Crippen molar-refractivity contribution in [1.82, 2.24) is 20.1 Å². The quantitative estimate of drug-likeness (QED) is 0.844. The molecule has 7 nitrogen and oxygen atoms in total. The van der Waals surface area contributed by atoms with Crippen LogP contribution in [0.2, 0.25) is 0 Å². The fourth-order valence-corrected chi connectivity index (χ4v) is 1.58. The van der Waals surface area contributed by atoms with Gasteiger partial charge in [0.05, 0.1) is 6.54 Å². The standard InChI is InChI=1S/C12H18N6O/c1-4-9-15-11(19-17-9)8-18(3)12-14-7-6-10(16-12)13-5-2/h6-7H,4-5,8H2,1-3H3,(H,13,14,16). The first-order chi connectivity index (χ1) is 9.22. The van der Waals surface area contributed by atoms with Crippen molar-refractivity contribution in [2.24, 2.45) is 0 Å². The highest BCUT2D eigenvalue weighted by atomic mass is 16.5. The van der Waals surface area contributed by atoms with Gasteiger partial charge in [-0.3, -0.25) is 0 Å². The maximum Gasteiger partial charge on any atom is 0.246 e. The average Bonchev–Trinajstić information content (AvgIpc) is 2.87. The summed E-state index contributed by atoms with van der Waals surface area (Å²) in [5.74, 6) is 2.70. The van der Waals surface area contributed by atoms with Crippen LogP contribution in [0.25, 0.3) is 0 Å². The Hall–Kier alpha value is -2.18. The Morgan fingerprint density at radius 2 is 2.16 bits per heavy atom. The summed E-state index contributed by atoms with van der Waals surface area (Å²) in [7, 11) is 1.89. The maximum atomic E-state index is 5.15. The van der Waals surface area contributed by atoms with Crippen LogP contribution in [0.4, 0.5) is 11.8 Å². The lowest BCUT2D eigenvalue weighted by Gasteiger charge is -2.15. The van der Waals surface area contributed by atoms with E-state index in [0.29, 0.717) is 24.2 Å². The van der Waals surface area contributed by atoms with Gasteiger partial charge in [0.25, 0.3) is 0 Å². The molecule has 0 saturated carbocycles. The zero-order valence-electron chi connectivity index (χ0n) is 11.4. The molecule has 0 aliphatic carbocycles. The molecule has 2 heterocycles. The summed E-state index contributed by atoms with van der Waals surface area (Å²) in [5, 5.41) is 7.01. The largest absolute Gasteiger partial charge is 0.370 e. The second-order valence-electron chi connectivity index (χ2n) is 4.09. The summed E-state index contributed by atoms with van der Waals surface area (Å²) in [6.45, 7) is 5.32. The van der Waals surface area contributed by atoms with E-state index in [9.17, 15) is 0 Å². The molecular formula is C12H18N6O. The molecule has 2 rings (SSSR count). The Bertz CT molecular complexity index is 526. The molecule has 7 heteroatoms. The molecule has 0 radical (unpaired) electrons. The molecule has 0 bridgehead atoms. The molecule has 19 heavy (non-hydrogen) atoms. The van der Waals surface area contributed by atoms with Crippen LogP contribution < -0.4 is 10.2 Å². The van der Waals surface area contributed by atoms with Gasteiger partial charge in [-0.05, 0) is 13.0 Å². The van der Waals surface area contributed by atoms with Gasteiger partial charge >= 0.3 is 0 Å². The van der Waals surface area contributed by atoms with Gasteiger partial charge < -0.3 is 14.7 Å². The summed E-state index contributed by atoms with van der Waals surface area (Å²) in [6.07, 6.45) is 2.49. The van der Waals surface area contributed by atoms with Crippen molar-refractivity contribution >= 4 is 11.8 Å². The van der Waals surface area contributed by atoms with Crippen molar-refractivity contribution in [2.75, 3.05) is 23.8 Å². The molecular weight excluding hydrogens is 244 g/mol. The Balaban J connectivity index is 2.06. The number of hydrogen-bond donors (Lipinski definition) is 1. The topological polar surface area (TPSA) is 80.0 Å². The number of nitrogens with zero attached hydrogens (tertiary/aromatic N) is 5. The minimum absolute atomic E-state index is 0.489. The lowest BCUT2D eigenvalue weighted by Crippen LogP contribution is -2.19. The second kappa shape index (κ2) is 6.12. The summed E-state index contributed by atoms with van der Waals surface area (Å²) in [5.41, 5.74) is 0. The van der Waals surface area contributed by atoms with Crippen LogP contribution >= 0.6 is 0 Å². The van der Waals surface area contributed by atoms with Crippen LogP contribution in [-0.2, 0) is 13.0 Å². The molecule has 0 aliphatic rings. The first-order valence-electron chi connectivity index (χ1n) is 6.32. The van der Waals surface area contributed by atoms with Crippen molar-refractivity contribution in [3.63, 3.8) is 0 Å². The molecule has 2 aromatic rings. The molecule has 2 aromatic heterocycles. The first kappa shape index (κ1) is 13.3.